The Morgan fingerprint density at radius 3 is 2.58 bits per heavy atom. The number of carbonyl (C=O) groups is 1. The molecule has 0 fully saturated rings. The van der Waals surface area contributed by atoms with Crippen molar-refractivity contribution >= 4 is 11.6 Å². The van der Waals surface area contributed by atoms with E-state index in [-0.39, 0.29) is 11.4 Å². The third-order valence-corrected chi connectivity index (χ3v) is 2.54. The lowest BCUT2D eigenvalue weighted by Crippen LogP contribution is -2.41. The quantitative estimate of drug-likeness (QED) is 0.873. The Kier molecular flexibility index (Phi) is 4.94. The monoisotopic (exact) mass is 259 g/mol. The van der Waals surface area contributed by atoms with E-state index in [9.17, 15) is 4.79 Å². The standard InChI is InChI=1S/C15H21N3O/c1-11-9-13(6-5-12(11)10-16)17-8-7-14(19)18-15(2,3)4/h5-6,9,17H,7-8H2,1-4H3,(H,18,19). The molecule has 0 radical (unpaired) electrons. The summed E-state index contributed by atoms with van der Waals surface area (Å²) >= 11 is 0. The van der Waals surface area contributed by atoms with Crippen molar-refractivity contribution in [2.24, 2.45) is 0 Å². The maximum absolute atomic E-state index is 11.6. The average molecular weight is 259 g/mol. The number of aryl methyl sites for hydroxylation is 1. The van der Waals surface area contributed by atoms with Gasteiger partial charge in [-0.3, -0.25) is 4.79 Å². The number of rotatable bonds is 4. The van der Waals surface area contributed by atoms with E-state index in [0.717, 1.165) is 11.3 Å². The van der Waals surface area contributed by atoms with Gasteiger partial charge in [0.2, 0.25) is 5.91 Å². The van der Waals surface area contributed by atoms with Gasteiger partial charge in [-0.05, 0) is 51.5 Å². The molecule has 0 atom stereocenters. The molecule has 4 nitrogen and oxygen atoms in total. The summed E-state index contributed by atoms with van der Waals surface area (Å²) in [4.78, 5) is 11.6. The third-order valence-electron chi connectivity index (χ3n) is 2.54. The first-order chi connectivity index (χ1) is 8.81. The molecule has 1 rings (SSSR count). The highest BCUT2D eigenvalue weighted by Gasteiger charge is 2.12. The number of benzene rings is 1. The van der Waals surface area contributed by atoms with Crippen molar-refractivity contribution in [1.29, 1.82) is 5.26 Å². The lowest BCUT2D eigenvalue weighted by molar-refractivity contribution is -0.122. The normalized spacial score (nSPS) is 10.7. The minimum absolute atomic E-state index is 0.0327. The molecule has 1 amide bonds. The van der Waals surface area contributed by atoms with Gasteiger partial charge in [0.15, 0.2) is 0 Å². The number of nitrogens with one attached hydrogen (secondary N) is 2. The minimum atomic E-state index is -0.192. The number of nitrogens with zero attached hydrogens (tertiary/aromatic N) is 1. The smallest absolute Gasteiger partial charge is 0.222 e. The number of carbonyl (C=O) groups excluding carboxylic acids is 1. The van der Waals surface area contributed by atoms with Crippen LogP contribution in [-0.2, 0) is 4.79 Å². The number of hydrogen-bond donors (Lipinski definition) is 2. The summed E-state index contributed by atoms with van der Waals surface area (Å²) in [6, 6.07) is 7.69. The van der Waals surface area contributed by atoms with Gasteiger partial charge in [-0.15, -0.1) is 0 Å². The lowest BCUT2D eigenvalue weighted by atomic mass is 10.1. The lowest BCUT2D eigenvalue weighted by Gasteiger charge is -2.20. The SMILES string of the molecule is Cc1cc(NCCC(=O)NC(C)(C)C)ccc1C#N. The van der Waals surface area contributed by atoms with Crippen molar-refractivity contribution in [3.05, 3.63) is 29.3 Å². The number of anilines is 1. The molecular formula is C15H21N3O. The van der Waals surface area contributed by atoms with E-state index < -0.39 is 0 Å². The number of hydrogen-bond acceptors (Lipinski definition) is 3. The van der Waals surface area contributed by atoms with Crippen LogP contribution in [0.1, 0.15) is 38.3 Å². The Balaban J connectivity index is 2.44. The number of nitriles is 1. The first-order valence-corrected chi connectivity index (χ1v) is 6.37. The Morgan fingerprint density at radius 1 is 1.37 bits per heavy atom. The Morgan fingerprint density at radius 2 is 2.05 bits per heavy atom. The van der Waals surface area contributed by atoms with Gasteiger partial charge in [0.25, 0.3) is 0 Å². The minimum Gasteiger partial charge on any atom is -0.385 e. The van der Waals surface area contributed by atoms with Gasteiger partial charge in [0.1, 0.15) is 0 Å². The van der Waals surface area contributed by atoms with Crippen LogP contribution in [0.5, 0.6) is 0 Å². The molecule has 0 bridgehead atoms. The molecule has 0 aliphatic rings. The molecule has 0 aliphatic carbocycles. The van der Waals surface area contributed by atoms with Crippen molar-refractivity contribution in [1.82, 2.24) is 5.32 Å². The average Bonchev–Trinajstić information content (AvgIpc) is 2.26. The van der Waals surface area contributed by atoms with Crippen molar-refractivity contribution in [2.45, 2.75) is 39.7 Å². The molecule has 102 valence electrons. The van der Waals surface area contributed by atoms with Crippen LogP contribution in [0.4, 0.5) is 5.69 Å². The van der Waals surface area contributed by atoms with E-state index in [1.54, 1.807) is 6.07 Å². The Hall–Kier alpha value is -2.02. The summed E-state index contributed by atoms with van der Waals surface area (Å²) < 4.78 is 0. The highest BCUT2D eigenvalue weighted by molar-refractivity contribution is 5.77. The zero-order valence-electron chi connectivity index (χ0n) is 12.0. The van der Waals surface area contributed by atoms with E-state index >= 15 is 0 Å². The second-order valence-electron chi connectivity index (χ2n) is 5.62. The molecule has 0 spiro atoms. The first-order valence-electron chi connectivity index (χ1n) is 6.37. The Bertz CT molecular complexity index is 495. The van der Waals surface area contributed by atoms with Gasteiger partial charge in [-0.2, -0.15) is 5.26 Å². The van der Waals surface area contributed by atoms with Gasteiger partial charge >= 0.3 is 0 Å². The van der Waals surface area contributed by atoms with Crippen molar-refractivity contribution < 1.29 is 4.79 Å². The van der Waals surface area contributed by atoms with Crippen LogP contribution in [-0.4, -0.2) is 18.0 Å². The third kappa shape index (κ3) is 5.43. The molecular weight excluding hydrogens is 238 g/mol. The molecule has 1 aromatic carbocycles. The topological polar surface area (TPSA) is 64.9 Å². The first kappa shape index (κ1) is 15.0. The van der Waals surface area contributed by atoms with Crippen LogP contribution in [0.15, 0.2) is 18.2 Å². The molecule has 0 aromatic heterocycles. The van der Waals surface area contributed by atoms with Crippen molar-refractivity contribution in [3.8, 4) is 6.07 Å². The van der Waals surface area contributed by atoms with Gasteiger partial charge in [-0.25, -0.2) is 0 Å². The van der Waals surface area contributed by atoms with E-state index in [4.69, 9.17) is 5.26 Å². The fraction of sp³-hybridized carbons (Fsp3) is 0.467. The second-order valence-corrected chi connectivity index (χ2v) is 5.62. The predicted octanol–water partition coefficient (Wildman–Crippen LogP) is 2.58. The Labute approximate surface area is 114 Å². The molecule has 0 heterocycles. The highest BCUT2D eigenvalue weighted by atomic mass is 16.1. The summed E-state index contributed by atoms with van der Waals surface area (Å²) in [5, 5.41) is 14.9. The van der Waals surface area contributed by atoms with Crippen LogP contribution < -0.4 is 10.6 Å². The molecule has 19 heavy (non-hydrogen) atoms. The van der Waals surface area contributed by atoms with E-state index in [2.05, 4.69) is 16.7 Å². The molecule has 0 saturated heterocycles. The van der Waals surface area contributed by atoms with Crippen LogP contribution in [0.25, 0.3) is 0 Å². The van der Waals surface area contributed by atoms with E-state index in [1.807, 2.05) is 39.8 Å². The summed E-state index contributed by atoms with van der Waals surface area (Å²) in [5.41, 5.74) is 2.35. The van der Waals surface area contributed by atoms with Gasteiger partial charge in [0.05, 0.1) is 11.6 Å². The maximum Gasteiger partial charge on any atom is 0.222 e. The predicted molar refractivity (Wildman–Crippen MR) is 76.9 cm³/mol. The summed E-state index contributed by atoms with van der Waals surface area (Å²) in [6.07, 6.45) is 0.427. The summed E-state index contributed by atoms with van der Waals surface area (Å²) in [5.74, 6) is 0.0327. The van der Waals surface area contributed by atoms with Crippen LogP contribution in [0.2, 0.25) is 0 Å². The van der Waals surface area contributed by atoms with Gasteiger partial charge < -0.3 is 10.6 Å². The molecule has 0 unspecified atom stereocenters. The fourth-order valence-corrected chi connectivity index (χ4v) is 1.70. The fourth-order valence-electron chi connectivity index (χ4n) is 1.70. The molecule has 4 heteroatoms. The second kappa shape index (κ2) is 6.24. The van der Waals surface area contributed by atoms with Gasteiger partial charge in [0, 0.05) is 24.2 Å². The molecule has 0 saturated carbocycles. The summed E-state index contributed by atoms with van der Waals surface area (Å²) in [6.45, 7) is 8.36. The van der Waals surface area contributed by atoms with Crippen LogP contribution in [0.3, 0.4) is 0 Å². The maximum atomic E-state index is 11.6. The molecule has 2 N–H and O–H groups in total. The van der Waals surface area contributed by atoms with Gasteiger partial charge in [-0.1, -0.05) is 0 Å². The van der Waals surface area contributed by atoms with Crippen molar-refractivity contribution in [3.63, 3.8) is 0 Å². The molecule has 1 aromatic rings. The zero-order chi connectivity index (χ0) is 14.5. The zero-order valence-corrected chi connectivity index (χ0v) is 12.0. The highest BCUT2D eigenvalue weighted by Crippen LogP contribution is 2.14. The summed E-state index contributed by atoms with van der Waals surface area (Å²) in [7, 11) is 0. The largest absolute Gasteiger partial charge is 0.385 e. The molecule has 0 aliphatic heterocycles. The van der Waals surface area contributed by atoms with E-state index in [1.165, 1.54) is 0 Å². The van der Waals surface area contributed by atoms with Crippen LogP contribution in [0, 0.1) is 18.3 Å². The number of amides is 1. The van der Waals surface area contributed by atoms with Crippen LogP contribution >= 0.6 is 0 Å². The van der Waals surface area contributed by atoms with E-state index in [0.29, 0.717) is 18.5 Å². The van der Waals surface area contributed by atoms with Crippen molar-refractivity contribution in [2.75, 3.05) is 11.9 Å².